The van der Waals surface area contributed by atoms with Gasteiger partial charge in [0.25, 0.3) is 0 Å². The van der Waals surface area contributed by atoms with Gasteiger partial charge in [-0.3, -0.25) is 9.48 Å². The Morgan fingerprint density at radius 1 is 1.29 bits per heavy atom. The van der Waals surface area contributed by atoms with Crippen molar-refractivity contribution in [2.75, 3.05) is 13.1 Å². The number of aryl methyl sites for hydroxylation is 2. The monoisotopic (exact) mass is 434 g/mol. The van der Waals surface area contributed by atoms with Crippen LogP contribution in [-0.4, -0.2) is 38.7 Å². The summed E-state index contributed by atoms with van der Waals surface area (Å²) < 4.78 is 2.77. The molecule has 0 saturated carbocycles. The molecule has 0 atom stereocenters. The van der Waals surface area contributed by atoms with E-state index in [1.165, 1.54) is 0 Å². The number of halogens is 2. The Labute approximate surface area is 177 Å². The van der Waals surface area contributed by atoms with Crippen LogP contribution in [0.2, 0.25) is 10.2 Å². The van der Waals surface area contributed by atoms with Gasteiger partial charge in [-0.25, -0.2) is 4.98 Å². The van der Waals surface area contributed by atoms with Crippen molar-refractivity contribution in [3.63, 3.8) is 0 Å². The molecule has 4 rings (SSSR count). The second-order valence-electron chi connectivity index (χ2n) is 7.01. The van der Waals surface area contributed by atoms with Crippen LogP contribution in [0.25, 0.3) is 16.3 Å². The van der Waals surface area contributed by atoms with E-state index >= 15 is 0 Å². The molecule has 0 spiro atoms. The van der Waals surface area contributed by atoms with E-state index in [1.807, 2.05) is 30.0 Å². The number of piperidine rings is 1. The number of nitrogens with zero attached hydrogens (tertiary/aromatic N) is 4. The quantitative estimate of drug-likeness (QED) is 0.540. The first-order valence-corrected chi connectivity index (χ1v) is 10.7. The number of carbonyl (C=O) groups excluding carboxylic acids is 1. The molecule has 0 unspecified atom stereocenters. The fourth-order valence-corrected chi connectivity index (χ4v) is 5.06. The van der Waals surface area contributed by atoms with Gasteiger partial charge in [-0.05, 0) is 44.0 Å². The van der Waals surface area contributed by atoms with Gasteiger partial charge < -0.3 is 4.90 Å². The van der Waals surface area contributed by atoms with Crippen molar-refractivity contribution in [2.24, 2.45) is 7.05 Å². The van der Waals surface area contributed by atoms with Crippen LogP contribution in [-0.2, 0) is 11.8 Å². The molecular weight excluding hydrogens is 415 g/mol. The van der Waals surface area contributed by atoms with Crippen molar-refractivity contribution in [2.45, 2.75) is 25.7 Å². The zero-order chi connectivity index (χ0) is 19.8. The molecule has 0 bridgehead atoms. The van der Waals surface area contributed by atoms with E-state index in [2.05, 4.69) is 5.10 Å². The lowest BCUT2D eigenvalue weighted by atomic mass is 9.97. The predicted octanol–water partition coefficient (Wildman–Crippen LogP) is 5.06. The van der Waals surface area contributed by atoms with Gasteiger partial charge in [-0.1, -0.05) is 23.2 Å². The number of rotatable bonds is 3. The van der Waals surface area contributed by atoms with Crippen molar-refractivity contribution in [3.8, 4) is 0 Å². The number of amides is 1. The SMILES string of the molecule is Cc1nn(C)c(Cl)c1/C=C/C(=O)N1CCC(c2nc3cc(Cl)ccc3s2)CC1. The van der Waals surface area contributed by atoms with Gasteiger partial charge in [-0.2, -0.15) is 5.10 Å². The standard InChI is InChI=1S/C20H20Cl2N4OS/c1-12-15(19(22)25(2)24-12)4-6-18(27)26-9-7-13(8-10-26)20-23-16-11-14(21)3-5-17(16)28-20/h3-6,11,13H,7-10H2,1-2H3/b6-4+. The van der Waals surface area contributed by atoms with Crippen LogP contribution >= 0.6 is 34.5 Å². The number of likely N-dealkylation sites (tertiary alicyclic amines) is 1. The Morgan fingerprint density at radius 3 is 2.71 bits per heavy atom. The predicted molar refractivity (Wildman–Crippen MR) is 115 cm³/mol. The Hall–Kier alpha value is -1.89. The number of benzene rings is 1. The van der Waals surface area contributed by atoms with Crippen molar-refractivity contribution >= 4 is 56.7 Å². The highest BCUT2D eigenvalue weighted by atomic mass is 35.5. The molecule has 0 radical (unpaired) electrons. The van der Waals surface area contributed by atoms with Crippen LogP contribution in [0.4, 0.5) is 0 Å². The molecule has 28 heavy (non-hydrogen) atoms. The van der Waals surface area contributed by atoms with E-state index in [0.717, 1.165) is 52.4 Å². The first-order valence-electron chi connectivity index (χ1n) is 9.14. The Kier molecular flexibility index (Phi) is 5.45. The molecule has 1 saturated heterocycles. The fraction of sp³-hybridized carbons (Fsp3) is 0.350. The summed E-state index contributed by atoms with van der Waals surface area (Å²) in [5, 5.41) is 6.65. The summed E-state index contributed by atoms with van der Waals surface area (Å²) in [6.07, 6.45) is 5.19. The van der Waals surface area contributed by atoms with Crippen molar-refractivity contribution < 1.29 is 4.79 Å². The van der Waals surface area contributed by atoms with E-state index in [1.54, 1.807) is 35.2 Å². The molecule has 3 heterocycles. The number of aromatic nitrogens is 3. The molecule has 1 aliphatic heterocycles. The number of hydrogen-bond acceptors (Lipinski definition) is 4. The van der Waals surface area contributed by atoms with Crippen LogP contribution < -0.4 is 0 Å². The smallest absolute Gasteiger partial charge is 0.246 e. The van der Waals surface area contributed by atoms with E-state index in [9.17, 15) is 4.79 Å². The number of hydrogen-bond donors (Lipinski definition) is 0. The minimum atomic E-state index is 0.00820. The van der Waals surface area contributed by atoms with Crippen LogP contribution in [0.5, 0.6) is 0 Å². The first-order chi connectivity index (χ1) is 13.4. The highest BCUT2D eigenvalue weighted by molar-refractivity contribution is 7.18. The number of fused-ring (bicyclic) bond motifs is 1. The summed E-state index contributed by atoms with van der Waals surface area (Å²) in [5.74, 6) is 0.396. The second kappa shape index (κ2) is 7.85. The number of thiazole rings is 1. The second-order valence-corrected chi connectivity index (χ2v) is 8.87. The molecule has 146 valence electrons. The van der Waals surface area contributed by atoms with Crippen LogP contribution in [0, 0.1) is 6.92 Å². The van der Waals surface area contributed by atoms with Gasteiger partial charge >= 0.3 is 0 Å². The lowest BCUT2D eigenvalue weighted by molar-refractivity contribution is -0.126. The zero-order valence-electron chi connectivity index (χ0n) is 15.7. The lowest BCUT2D eigenvalue weighted by Gasteiger charge is -2.30. The van der Waals surface area contributed by atoms with Gasteiger partial charge in [0, 0.05) is 42.7 Å². The van der Waals surface area contributed by atoms with E-state index in [-0.39, 0.29) is 5.91 Å². The van der Waals surface area contributed by atoms with Crippen LogP contribution in [0.1, 0.15) is 35.0 Å². The molecule has 0 N–H and O–H groups in total. The third-order valence-corrected chi connectivity index (χ3v) is 6.99. The average Bonchev–Trinajstić information content (AvgIpc) is 3.20. The maximum absolute atomic E-state index is 12.6. The average molecular weight is 435 g/mol. The van der Waals surface area contributed by atoms with Gasteiger partial charge in [0.2, 0.25) is 5.91 Å². The molecule has 1 aliphatic rings. The molecule has 1 fully saturated rings. The molecule has 5 nitrogen and oxygen atoms in total. The van der Waals surface area contributed by atoms with Gasteiger partial charge in [0.1, 0.15) is 5.15 Å². The summed E-state index contributed by atoms with van der Waals surface area (Å²) in [5.41, 5.74) is 2.56. The molecule has 1 amide bonds. The highest BCUT2D eigenvalue weighted by Gasteiger charge is 2.25. The van der Waals surface area contributed by atoms with E-state index in [0.29, 0.717) is 16.1 Å². The Balaban J connectivity index is 1.40. The topological polar surface area (TPSA) is 51.0 Å². The van der Waals surface area contributed by atoms with E-state index < -0.39 is 0 Å². The number of carbonyl (C=O) groups is 1. The summed E-state index contributed by atoms with van der Waals surface area (Å²) >= 11 is 14.0. The summed E-state index contributed by atoms with van der Waals surface area (Å²) in [6.45, 7) is 3.33. The van der Waals surface area contributed by atoms with Crippen LogP contribution in [0.3, 0.4) is 0 Å². The van der Waals surface area contributed by atoms with Crippen molar-refractivity contribution in [1.82, 2.24) is 19.7 Å². The highest BCUT2D eigenvalue weighted by Crippen LogP contribution is 2.34. The van der Waals surface area contributed by atoms with Crippen molar-refractivity contribution in [3.05, 3.63) is 50.7 Å². The first kappa shape index (κ1) is 19.4. The van der Waals surface area contributed by atoms with Crippen LogP contribution in [0.15, 0.2) is 24.3 Å². The molecule has 2 aromatic heterocycles. The molecule has 8 heteroatoms. The molecule has 1 aromatic carbocycles. The maximum atomic E-state index is 12.6. The molecular formula is C20H20Cl2N4OS. The van der Waals surface area contributed by atoms with Gasteiger partial charge in [0.05, 0.1) is 20.9 Å². The lowest BCUT2D eigenvalue weighted by Crippen LogP contribution is -2.36. The third kappa shape index (κ3) is 3.81. The largest absolute Gasteiger partial charge is 0.339 e. The minimum Gasteiger partial charge on any atom is -0.339 e. The summed E-state index contributed by atoms with van der Waals surface area (Å²) in [7, 11) is 1.79. The third-order valence-electron chi connectivity index (χ3n) is 5.11. The normalized spacial score (nSPS) is 15.8. The zero-order valence-corrected chi connectivity index (χ0v) is 18.0. The molecule has 3 aromatic rings. The van der Waals surface area contributed by atoms with Gasteiger partial charge in [0.15, 0.2) is 0 Å². The van der Waals surface area contributed by atoms with E-state index in [4.69, 9.17) is 28.2 Å². The van der Waals surface area contributed by atoms with Gasteiger partial charge in [-0.15, -0.1) is 11.3 Å². The molecule has 0 aliphatic carbocycles. The minimum absolute atomic E-state index is 0.00820. The maximum Gasteiger partial charge on any atom is 0.246 e. The summed E-state index contributed by atoms with van der Waals surface area (Å²) in [6, 6.07) is 5.83. The Morgan fingerprint density at radius 2 is 2.04 bits per heavy atom. The Bertz CT molecular complexity index is 1060. The summed E-state index contributed by atoms with van der Waals surface area (Å²) in [4.78, 5) is 19.2. The fourth-order valence-electron chi connectivity index (χ4n) is 3.54. The van der Waals surface area contributed by atoms with Crippen molar-refractivity contribution in [1.29, 1.82) is 0 Å².